The Balaban J connectivity index is 2.11. The van der Waals surface area contributed by atoms with Gasteiger partial charge in [-0.3, -0.25) is 14.2 Å². The van der Waals surface area contributed by atoms with Gasteiger partial charge in [0.05, 0.1) is 13.2 Å². The van der Waals surface area contributed by atoms with Gasteiger partial charge in [0.1, 0.15) is 11.9 Å². The van der Waals surface area contributed by atoms with Crippen LogP contribution in [0, 0.1) is 0 Å². The van der Waals surface area contributed by atoms with Crippen LogP contribution in [0.2, 0.25) is 0 Å². The van der Waals surface area contributed by atoms with E-state index in [4.69, 9.17) is 9.84 Å². The van der Waals surface area contributed by atoms with Crippen LogP contribution < -0.4 is 11.0 Å². The number of ether oxygens (including phenoxy) is 1. The number of alkyl halides is 5. The predicted octanol–water partition coefficient (Wildman–Crippen LogP) is -0.912. The molecule has 1 saturated heterocycles. The van der Waals surface area contributed by atoms with Crippen molar-refractivity contribution in [2.75, 3.05) is 25.5 Å². The molecule has 29 heavy (non-hydrogen) atoms. The fourth-order valence-electron chi connectivity index (χ4n) is 2.47. The molecule has 3 atom stereocenters. The molecule has 0 saturated carbocycles. The minimum Gasteiger partial charge on any atom is -0.394 e. The summed E-state index contributed by atoms with van der Waals surface area (Å²) in [6.45, 7) is -1.95. The highest BCUT2D eigenvalue weighted by Gasteiger charge is 2.59. The van der Waals surface area contributed by atoms with E-state index in [9.17, 15) is 41.4 Å². The summed E-state index contributed by atoms with van der Waals surface area (Å²) >= 11 is 0. The molecule has 162 valence electrons. The third kappa shape index (κ3) is 4.68. The second-order valence-corrected chi connectivity index (χ2v) is 6.04. The number of nitrogens with zero attached hydrogens (tertiary/aromatic N) is 3. The van der Waals surface area contributed by atoms with E-state index in [1.54, 1.807) is 0 Å². The first-order valence-corrected chi connectivity index (χ1v) is 7.82. The third-order valence-electron chi connectivity index (χ3n) is 3.88. The fourth-order valence-corrected chi connectivity index (χ4v) is 2.47. The van der Waals surface area contributed by atoms with Crippen LogP contribution in [-0.2, 0) is 14.3 Å². The lowest BCUT2D eigenvalue weighted by molar-refractivity contribution is -0.184. The standard InChI is InChI=1S/C14H15F5N4O6/c1-22(10(27)14(17,18)19)4-8(25)20-7-2-3-23(12(28)21-7)11-13(15,16)9(26)6(5-24)29-11/h2-3,6,9,11,24,26H,4-5H2,1H3,(H,20,21,25,28)/t6-,9-,11-/m1/s1. The maximum absolute atomic E-state index is 14.1. The van der Waals surface area contributed by atoms with Crippen molar-refractivity contribution >= 4 is 17.6 Å². The molecule has 0 unspecified atom stereocenters. The minimum atomic E-state index is -5.18. The van der Waals surface area contributed by atoms with E-state index in [1.807, 2.05) is 5.32 Å². The van der Waals surface area contributed by atoms with Crippen molar-refractivity contribution in [1.29, 1.82) is 0 Å². The Labute approximate surface area is 158 Å². The molecule has 2 amide bonds. The average molecular weight is 430 g/mol. The van der Waals surface area contributed by atoms with E-state index in [2.05, 4.69) is 4.98 Å². The van der Waals surface area contributed by atoms with E-state index in [0.717, 1.165) is 19.3 Å². The number of aliphatic hydroxyl groups is 2. The zero-order valence-corrected chi connectivity index (χ0v) is 14.6. The van der Waals surface area contributed by atoms with Crippen LogP contribution in [0.1, 0.15) is 6.23 Å². The summed E-state index contributed by atoms with van der Waals surface area (Å²) in [5, 5.41) is 20.3. The largest absolute Gasteiger partial charge is 0.471 e. The molecular weight excluding hydrogens is 415 g/mol. The number of rotatable bonds is 5. The van der Waals surface area contributed by atoms with Crippen LogP contribution in [0.4, 0.5) is 27.8 Å². The summed E-state index contributed by atoms with van der Waals surface area (Å²) in [5.74, 6) is -7.82. The molecule has 1 aliphatic rings. The van der Waals surface area contributed by atoms with Crippen LogP contribution in [-0.4, -0.2) is 81.0 Å². The first kappa shape index (κ1) is 22.6. The van der Waals surface area contributed by atoms with Crippen LogP contribution in [0.15, 0.2) is 17.1 Å². The van der Waals surface area contributed by atoms with Gasteiger partial charge in [-0.1, -0.05) is 0 Å². The van der Waals surface area contributed by atoms with E-state index in [0.29, 0.717) is 4.57 Å². The van der Waals surface area contributed by atoms with Gasteiger partial charge >= 0.3 is 23.7 Å². The molecular formula is C14H15F5N4O6. The average Bonchev–Trinajstić information content (AvgIpc) is 2.83. The molecule has 15 heteroatoms. The van der Waals surface area contributed by atoms with Crippen LogP contribution in [0.3, 0.4) is 0 Å². The van der Waals surface area contributed by atoms with Gasteiger partial charge in [0.2, 0.25) is 12.1 Å². The maximum Gasteiger partial charge on any atom is 0.471 e. The monoisotopic (exact) mass is 430 g/mol. The number of hydrogen-bond acceptors (Lipinski definition) is 7. The highest BCUT2D eigenvalue weighted by molar-refractivity contribution is 5.94. The quantitative estimate of drug-likeness (QED) is 0.515. The summed E-state index contributed by atoms with van der Waals surface area (Å²) in [4.78, 5) is 38.0. The number of carbonyl (C=O) groups is 2. The van der Waals surface area contributed by atoms with E-state index in [1.165, 1.54) is 0 Å². The van der Waals surface area contributed by atoms with Crippen molar-refractivity contribution < 1.29 is 46.5 Å². The minimum absolute atomic E-state index is 0.0832. The molecule has 0 spiro atoms. The highest BCUT2D eigenvalue weighted by Crippen LogP contribution is 2.41. The van der Waals surface area contributed by atoms with Gasteiger partial charge in [-0.25, -0.2) is 4.79 Å². The predicted molar refractivity (Wildman–Crippen MR) is 82.8 cm³/mol. The highest BCUT2D eigenvalue weighted by atomic mass is 19.4. The lowest BCUT2D eigenvalue weighted by Gasteiger charge is -2.21. The number of amides is 2. The van der Waals surface area contributed by atoms with E-state index < -0.39 is 67.0 Å². The summed E-state index contributed by atoms with van der Waals surface area (Å²) in [7, 11) is 0.725. The zero-order chi connectivity index (χ0) is 22.1. The topological polar surface area (TPSA) is 134 Å². The van der Waals surface area contributed by atoms with Crippen molar-refractivity contribution in [2.45, 2.75) is 30.5 Å². The number of halogens is 5. The second kappa shape index (κ2) is 8.00. The number of hydrogen-bond donors (Lipinski definition) is 3. The molecule has 10 nitrogen and oxygen atoms in total. The van der Waals surface area contributed by atoms with Crippen molar-refractivity contribution in [2.24, 2.45) is 0 Å². The summed E-state index contributed by atoms with van der Waals surface area (Å²) < 4.78 is 70.0. The first-order chi connectivity index (χ1) is 13.3. The number of aliphatic hydroxyl groups excluding tert-OH is 2. The number of aromatic nitrogens is 2. The first-order valence-electron chi connectivity index (χ1n) is 7.82. The maximum atomic E-state index is 14.1. The van der Waals surface area contributed by atoms with Crippen molar-refractivity contribution in [3.63, 3.8) is 0 Å². The van der Waals surface area contributed by atoms with Crippen LogP contribution in [0.5, 0.6) is 0 Å². The molecule has 1 fully saturated rings. The van der Waals surface area contributed by atoms with Gasteiger partial charge in [0.25, 0.3) is 0 Å². The Kier molecular flexibility index (Phi) is 6.24. The molecule has 3 N–H and O–H groups in total. The lowest BCUT2D eigenvalue weighted by atomic mass is 10.1. The molecule has 1 aromatic heterocycles. The Morgan fingerprint density at radius 1 is 1.41 bits per heavy atom. The normalized spacial score (nSPS) is 23.7. The van der Waals surface area contributed by atoms with E-state index in [-0.39, 0.29) is 4.90 Å². The van der Waals surface area contributed by atoms with Gasteiger partial charge < -0.3 is 25.2 Å². The van der Waals surface area contributed by atoms with Crippen molar-refractivity contribution in [3.8, 4) is 0 Å². The Bertz CT molecular complexity index is 845. The van der Waals surface area contributed by atoms with E-state index >= 15 is 0 Å². The van der Waals surface area contributed by atoms with Crippen LogP contribution >= 0.6 is 0 Å². The molecule has 2 rings (SSSR count). The number of anilines is 1. The molecule has 1 aliphatic heterocycles. The molecule has 0 radical (unpaired) electrons. The molecule has 0 aliphatic carbocycles. The summed E-state index contributed by atoms with van der Waals surface area (Å²) in [5.41, 5.74) is -1.34. The summed E-state index contributed by atoms with van der Waals surface area (Å²) in [6, 6.07) is 0.878. The van der Waals surface area contributed by atoms with Gasteiger partial charge in [0, 0.05) is 13.2 Å². The van der Waals surface area contributed by atoms with Crippen molar-refractivity contribution in [3.05, 3.63) is 22.7 Å². The fraction of sp³-hybridized carbons (Fsp3) is 0.571. The molecule has 2 heterocycles. The van der Waals surface area contributed by atoms with Gasteiger partial charge in [0.15, 0.2) is 6.10 Å². The number of likely N-dealkylation sites (N-methyl/N-ethyl adjacent to an activating group) is 1. The van der Waals surface area contributed by atoms with Crippen LogP contribution in [0.25, 0.3) is 0 Å². The second-order valence-electron chi connectivity index (χ2n) is 6.04. The Morgan fingerprint density at radius 2 is 2.03 bits per heavy atom. The summed E-state index contributed by atoms with van der Waals surface area (Å²) in [6.07, 6.45) is -10.7. The lowest BCUT2D eigenvalue weighted by Crippen LogP contribution is -2.43. The van der Waals surface area contributed by atoms with Crippen molar-refractivity contribution in [1.82, 2.24) is 14.5 Å². The Morgan fingerprint density at radius 3 is 2.52 bits per heavy atom. The molecule has 1 aromatic rings. The SMILES string of the molecule is CN(CC(=O)Nc1ccn([C@@H]2O[C@H](CO)[C@@H](O)C2(F)F)c(=O)n1)C(=O)C(F)(F)F. The zero-order valence-electron chi connectivity index (χ0n) is 14.6. The third-order valence-corrected chi connectivity index (χ3v) is 3.88. The number of carbonyl (C=O) groups excluding carboxylic acids is 2. The van der Waals surface area contributed by atoms with Gasteiger partial charge in [-0.05, 0) is 6.07 Å². The Hall–Kier alpha value is -2.65. The molecule has 0 bridgehead atoms. The molecule has 0 aromatic carbocycles. The van der Waals surface area contributed by atoms with Gasteiger partial charge in [-0.2, -0.15) is 26.9 Å². The van der Waals surface area contributed by atoms with Gasteiger partial charge in [-0.15, -0.1) is 0 Å². The smallest absolute Gasteiger partial charge is 0.394 e. The number of nitrogens with one attached hydrogen (secondary N) is 1.